The van der Waals surface area contributed by atoms with Crippen LogP contribution in [0, 0.1) is 5.92 Å². The van der Waals surface area contributed by atoms with Crippen LogP contribution in [0.25, 0.3) is 0 Å². The van der Waals surface area contributed by atoms with Crippen molar-refractivity contribution in [3.05, 3.63) is 41.5 Å². The highest BCUT2D eigenvalue weighted by Gasteiger charge is 2.94. The van der Waals surface area contributed by atoms with Gasteiger partial charge in [-0.15, -0.1) is 0 Å². The Morgan fingerprint density at radius 2 is 1.18 bits per heavy atom. The molecule has 2 aliphatic rings. The minimum Gasteiger partial charge on any atom is -0.477 e. The lowest BCUT2D eigenvalue weighted by Crippen LogP contribution is -2.73. The summed E-state index contributed by atoms with van der Waals surface area (Å²) in [6.45, 7) is -0.132. The predicted molar refractivity (Wildman–Crippen MR) is 123 cm³/mol. The van der Waals surface area contributed by atoms with E-state index in [0.29, 0.717) is 18.8 Å². The Labute approximate surface area is 265 Å². The number of hydrogen-bond donors (Lipinski definition) is 0. The summed E-state index contributed by atoms with van der Waals surface area (Å²) in [5, 5.41) is -2.49. The molecule has 0 amide bonds. The molecule has 0 saturated heterocycles. The lowest BCUT2D eigenvalue weighted by Gasteiger charge is -2.43. The van der Waals surface area contributed by atoms with E-state index in [0.717, 1.165) is 32.1 Å². The van der Waals surface area contributed by atoms with E-state index in [4.69, 9.17) is 4.74 Å². The highest BCUT2D eigenvalue weighted by molar-refractivity contribution is 5.37. The third kappa shape index (κ3) is 6.73. The van der Waals surface area contributed by atoms with Crippen molar-refractivity contribution < 1.29 is 97.4 Å². The lowest BCUT2D eigenvalue weighted by molar-refractivity contribution is -0.501. The highest BCUT2D eigenvalue weighted by Crippen LogP contribution is 2.63. The Bertz CT molecular complexity index is 1440. The van der Waals surface area contributed by atoms with E-state index >= 15 is 4.39 Å². The summed E-state index contributed by atoms with van der Waals surface area (Å²) in [5.41, 5.74) is -2.09. The van der Waals surface area contributed by atoms with E-state index in [1.807, 2.05) is 0 Å². The number of allylic oxidation sites excluding steroid dienone is 2. The highest BCUT2D eigenvalue weighted by atomic mass is 19.4. The summed E-state index contributed by atoms with van der Waals surface area (Å²) in [7, 11) is 0. The maximum Gasteiger partial charge on any atom is 0.460 e. The summed E-state index contributed by atoms with van der Waals surface area (Å²) in [6, 6.07) is 0. The van der Waals surface area contributed by atoms with Gasteiger partial charge in [0.1, 0.15) is 5.69 Å². The van der Waals surface area contributed by atoms with Crippen LogP contribution in [0.5, 0.6) is 5.88 Å². The first kappa shape index (κ1) is 41.1. The fraction of sp³-hybridized carbons (Fsp3) is 0.680. The van der Waals surface area contributed by atoms with Crippen LogP contribution >= 0.6 is 0 Å². The number of nitrogens with zero attached hydrogens (tertiary/aromatic N) is 3. The largest absolute Gasteiger partial charge is 0.477 e. The fourth-order valence-electron chi connectivity index (χ4n) is 4.12. The molecular weight excluding hydrogens is 754 g/mol. The lowest BCUT2D eigenvalue weighted by atomic mass is 9.93. The first-order chi connectivity index (χ1) is 22.5. The van der Waals surface area contributed by atoms with Crippen LogP contribution in [-0.4, -0.2) is 63.5 Å². The molecule has 5 nitrogen and oxygen atoms in total. The van der Waals surface area contributed by atoms with Crippen molar-refractivity contribution in [1.82, 2.24) is 15.0 Å². The average Bonchev–Trinajstić information content (AvgIpc) is 3.84. The first-order valence-electron chi connectivity index (χ1n) is 13.6. The third-order valence-corrected chi connectivity index (χ3v) is 7.24. The van der Waals surface area contributed by atoms with Crippen LogP contribution in [-0.2, 0) is 10.6 Å². The molecule has 286 valence electrons. The number of alkyl halides is 16. The monoisotopic (exact) mass is 773 g/mol. The van der Waals surface area contributed by atoms with Crippen LogP contribution in [0.2, 0.25) is 0 Å². The SMILES string of the molecule is FC1=C(F)N(OC(F)(F)C(F)(F)C(F)(F)C(F)(F)C(F)(F)C(F)(F)C(F)(F)F)C(F)(c2cnc(OCCCCCCC3CC3)cn2)C(F)=C1F. The van der Waals surface area contributed by atoms with E-state index in [1.165, 1.54) is 0 Å². The van der Waals surface area contributed by atoms with Crippen molar-refractivity contribution in [3.8, 4) is 5.88 Å². The normalized spacial score (nSPS) is 20.6. The Hall–Kier alpha value is -3.28. The van der Waals surface area contributed by atoms with Gasteiger partial charge in [-0.25, -0.2) is 23.1 Å². The minimum absolute atomic E-state index is 0.132. The molecule has 1 aromatic rings. The molecule has 2 heterocycles. The molecule has 1 aromatic heterocycles. The van der Waals surface area contributed by atoms with E-state index in [2.05, 4.69) is 14.8 Å². The molecule has 0 spiro atoms. The topological polar surface area (TPSA) is 47.5 Å². The van der Waals surface area contributed by atoms with E-state index in [-0.39, 0.29) is 19.0 Å². The molecule has 1 aliphatic heterocycles. The Kier molecular flexibility index (Phi) is 11.0. The summed E-state index contributed by atoms with van der Waals surface area (Å²) in [4.78, 5) is 8.71. The number of aromatic nitrogens is 2. The van der Waals surface area contributed by atoms with E-state index in [1.54, 1.807) is 0 Å². The molecule has 1 saturated carbocycles. The van der Waals surface area contributed by atoms with Gasteiger partial charge in [0, 0.05) is 0 Å². The van der Waals surface area contributed by atoms with Crippen LogP contribution in [0.4, 0.5) is 87.8 Å². The van der Waals surface area contributed by atoms with Gasteiger partial charge in [0.05, 0.1) is 19.0 Å². The Morgan fingerprint density at radius 1 is 0.660 bits per heavy atom. The summed E-state index contributed by atoms with van der Waals surface area (Å²) in [5.74, 6) is -62.6. The summed E-state index contributed by atoms with van der Waals surface area (Å²) >= 11 is 0. The van der Waals surface area contributed by atoms with Gasteiger partial charge in [0.2, 0.25) is 23.4 Å². The number of rotatable bonds is 16. The maximum absolute atomic E-state index is 15.9. The van der Waals surface area contributed by atoms with Gasteiger partial charge in [-0.1, -0.05) is 38.5 Å². The summed E-state index contributed by atoms with van der Waals surface area (Å²) in [6.07, 6.45) is -9.79. The van der Waals surface area contributed by atoms with Crippen molar-refractivity contribution in [3.63, 3.8) is 0 Å². The van der Waals surface area contributed by atoms with Crippen molar-refractivity contribution in [2.24, 2.45) is 5.92 Å². The number of ether oxygens (including phenoxy) is 1. The number of hydrogen-bond acceptors (Lipinski definition) is 5. The molecule has 1 unspecified atom stereocenters. The molecule has 3 rings (SSSR count). The second-order valence-electron chi connectivity index (χ2n) is 10.9. The molecule has 0 N–H and O–H groups in total. The predicted octanol–water partition coefficient (Wildman–Crippen LogP) is 10.2. The van der Waals surface area contributed by atoms with Gasteiger partial charge in [-0.05, 0) is 12.3 Å². The zero-order chi connectivity index (χ0) is 38.5. The van der Waals surface area contributed by atoms with Gasteiger partial charge < -0.3 is 4.74 Å². The van der Waals surface area contributed by atoms with Crippen LogP contribution in [0.1, 0.15) is 50.6 Å². The maximum atomic E-state index is 15.9. The smallest absolute Gasteiger partial charge is 0.460 e. The number of unbranched alkanes of at least 4 members (excludes halogenated alkanes) is 3. The average molecular weight is 773 g/mol. The van der Waals surface area contributed by atoms with E-state index in [9.17, 15) is 83.4 Å². The zero-order valence-corrected chi connectivity index (χ0v) is 24.1. The van der Waals surface area contributed by atoms with Crippen molar-refractivity contribution >= 4 is 0 Å². The molecular formula is C25H19F20N3O2. The van der Waals surface area contributed by atoms with Crippen molar-refractivity contribution in [2.75, 3.05) is 6.61 Å². The van der Waals surface area contributed by atoms with E-state index < -0.39 is 87.8 Å². The fourth-order valence-corrected chi connectivity index (χ4v) is 4.12. The van der Waals surface area contributed by atoms with Gasteiger partial charge in [-0.3, -0.25) is 0 Å². The first-order valence-corrected chi connectivity index (χ1v) is 13.6. The molecule has 1 atom stereocenters. The van der Waals surface area contributed by atoms with Crippen LogP contribution < -0.4 is 4.74 Å². The molecule has 0 aromatic carbocycles. The molecule has 0 bridgehead atoms. The van der Waals surface area contributed by atoms with Gasteiger partial charge in [0.15, 0.2) is 0 Å². The minimum atomic E-state index is -8.83. The van der Waals surface area contributed by atoms with Crippen molar-refractivity contribution in [2.45, 2.75) is 92.6 Å². The van der Waals surface area contributed by atoms with Gasteiger partial charge >= 0.3 is 47.7 Å². The van der Waals surface area contributed by atoms with Crippen LogP contribution in [0.15, 0.2) is 35.8 Å². The Balaban J connectivity index is 1.93. The standard InChI is InChI=1S/C25H19F20N3O2/c26-14-15(27)17(29)48(18(30,16(14)28)12-9-47-13(10-46-12)49-8-4-2-1-3-5-11-6-7-11)50-25(44,45)23(39,40)21(35,36)19(31,32)20(33,34)22(37,38)24(41,42)43/h9-11H,1-8H2. The molecule has 1 aliphatic carbocycles. The van der Waals surface area contributed by atoms with Crippen molar-refractivity contribution in [1.29, 1.82) is 0 Å². The summed E-state index contributed by atoms with van der Waals surface area (Å²) < 4.78 is 281. The zero-order valence-electron chi connectivity index (χ0n) is 24.1. The molecule has 1 fully saturated rings. The third-order valence-electron chi connectivity index (χ3n) is 7.24. The molecule has 50 heavy (non-hydrogen) atoms. The number of halogens is 20. The van der Waals surface area contributed by atoms with Gasteiger partial charge in [-0.2, -0.15) is 84.5 Å². The number of hydroxylamine groups is 2. The molecule has 25 heteroatoms. The second kappa shape index (κ2) is 13.4. The van der Waals surface area contributed by atoms with Crippen LogP contribution in [0.3, 0.4) is 0 Å². The Morgan fingerprint density at radius 3 is 1.68 bits per heavy atom. The quantitative estimate of drug-likeness (QED) is 0.0952. The second-order valence-corrected chi connectivity index (χ2v) is 10.9. The van der Waals surface area contributed by atoms with Gasteiger partial charge in [0.25, 0.3) is 5.95 Å². The molecule has 0 radical (unpaired) electrons.